The van der Waals surface area contributed by atoms with Gasteiger partial charge in [-0.25, -0.2) is 4.79 Å². The van der Waals surface area contributed by atoms with Gasteiger partial charge in [0.2, 0.25) is 5.91 Å². The first kappa shape index (κ1) is 18.9. The Hall–Kier alpha value is -2.15. The zero-order chi connectivity index (χ0) is 17.6. The molecule has 128 valence electrons. The number of aryl methyl sites for hydroxylation is 1. The molecular formula is C16H24N2O5. The first-order valence-corrected chi connectivity index (χ1v) is 7.44. The summed E-state index contributed by atoms with van der Waals surface area (Å²) in [4.78, 5) is 40.6. The van der Waals surface area contributed by atoms with Gasteiger partial charge in [0.1, 0.15) is 12.3 Å². The van der Waals surface area contributed by atoms with Crippen LogP contribution in [0.1, 0.15) is 45.4 Å². The predicted octanol–water partition coefficient (Wildman–Crippen LogP) is 1.49. The van der Waals surface area contributed by atoms with Gasteiger partial charge >= 0.3 is 5.97 Å². The molecule has 0 aliphatic heterocycles. The van der Waals surface area contributed by atoms with E-state index < -0.39 is 5.97 Å². The lowest BCUT2D eigenvalue weighted by Gasteiger charge is -2.21. The molecule has 1 aromatic heterocycles. The molecule has 0 fully saturated rings. The smallest absolute Gasteiger partial charge is 0.354 e. The number of nitrogens with one attached hydrogen (secondary N) is 1. The maximum absolute atomic E-state index is 12.6. The lowest BCUT2D eigenvalue weighted by Crippen LogP contribution is -2.38. The molecule has 7 nitrogen and oxygen atoms in total. The number of methoxy groups -OCH3 is 2. The Morgan fingerprint density at radius 1 is 1.17 bits per heavy atom. The number of amides is 1. The molecule has 0 spiro atoms. The van der Waals surface area contributed by atoms with Crippen molar-refractivity contribution in [1.29, 1.82) is 0 Å². The summed E-state index contributed by atoms with van der Waals surface area (Å²) in [6.07, 6.45) is 0.737. The molecule has 0 radical (unpaired) electrons. The van der Waals surface area contributed by atoms with Gasteiger partial charge in [-0.05, 0) is 25.8 Å². The van der Waals surface area contributed by atoms with Gasteiger partial charge in [0, 0.05) is 24.9 Å². The van der Waals surface area contributed by atoms with Gasteiger partial charge in [-0.3, -0.25) is 9.59 Å². The number of ether oxygens (including phenoxy) is 2. The van der Waals surface area contributed by atoms with E-state index in [1.165, 1.54) is 19.1 Å². The molecule has 7 heteroatoms. The fourth-order valence-electron chi connectivity index (χ4n) is 2.50. The minimum atomic E-state index is -0.523. The number of hydrogen-bond donors (Lipinski definition) is 1. The Kier molecular flexibility index (Phi) is 6.96. The highest BCUT2D eigenvalue weighted by atomic mass is 16.5. The van der Waals surface area contributed by atoms with E-state index >= 15 is 0 Å². The van der Waals surface area contributed by atoms with Crippen LogP contribution in [0.25, 0.3) is 0 Å². The summed E-state index contributed by atoms with van der Waals surface area (Å²) in [5.41, 5.74) is 1.81. The number of ketones is 1. The molecule has 0 bridgehead atoms. The average Bonchev–Trinajstić information content (AvgIpc) is 2.81. The Balaban J connectivity index is 3.02. The van der Waals surface area contributed by atoms with Gasteiger partial charge in [0.15, 0.2) is 5.78 Å². The molecule has 1 aromatic rings. The van der Waals surface area contributed by atoms with Crippen LogP contribution < -0.4 is 0 Å². The van der Waals surface area contributed by atoms with Gasteiger partial charge in [-0.2, -0.15) is 0 Å². The highest BCUT2D eigenvalue weighted by molar-refractivity contribution is 6.04. The maximum atomic E-state index is 12.6. The van der Waals surface area contributed by atoms with Crippen LogP contribution in [0, 0.1) is 13.8 Å². The lowest BCUT2D eigenvalue weighted by molar-refractivity contribution is -0.134. The second-order valence-corrected chi connectivity index (χ2v) is 5.29. The SMILES string of the molecule is CCCN(CC(=O)c1c(C)[nH]c(C(=O)OC)c1C)C(=O)COC. The summed E-state index contributed by atoms with van der Waals surface area (Å²) in [7, 11) is 2.72. The van der Waals surface area contributed by atoms with Crippen LogP contribution in [0.5, 0.6) is 0 Å². The Morgan fingerprint density at radius 3 is 2.35 bits per heavy atom. The zero-order valence-electron chi connectivity index (χ0n) is 14.3. The van der Waals surface area contributed by atoms with E-state index in [0.717, 1.165) is 6.42 Å². The van der Waals surface area contributed by atoms with Crippen molar-refractivity contribution in [2.45, 2.75) is 27.2 Å². The number of aromatic amines is 1. The molecule has 0 aromatic carbocycles. The first-order valence-electron chi connectivity index (χ1n) is 7.44. The normalized spacial score (nSPS) is 10.5. The van der Waals surface area contributed by atoms with Crippen molar-refractivity contribution in [3.05, 3.63) is 22.5 Å². The molecular weight excluding hydrogens is 300 g/mol. The third-order valence-electron chi connectivity index (χ3n) is 3.55. The minimum absolute atomic E-state index is 0.0455. The fourth-order valence-corrected chi connectivity index (χ4v) is 2.50. The topological polar surface area (TPSA) is 88.7 Å². The van der Waals surface area contributed by atoms with Crippen LogP contribution in [0.3, 0.4) is 0 Å². The molecule has 23 heavy (non-hydrogen) atoms. The summed E-state index contributed by atoms with van der Waals surface area (Å²) in [6.45, 7) is 5.69. The van der Waals surface area contributed by atoms with Gasteiger partial charge in [0.25, 0.3) is 0 Å². The molecule has 1 amide bonds. The Morgan fingerprint density at radius 2 is 1.83 bits per heavy atom. The number of carbonyl (C=O) groups is 3. The summed E-state index contributed by atoms with van der Waals surface area (Å²) in [5.74, 6) is -0.975. The second kappa shape index (κ2) is 8.47. The van der Waals surface area contributed by atoms with Crippen molar-refractivity contribution in [3.8, 4) is 0 Å². The van der Waals surface area contributed by atoms with Gasteiger partial charge in [-0.1, -0.05) is 6.92 Å². The number of carbonyl (C=O) groups excluding carboxylic acids is 3. The molecule has 0 unspecified atom stereocenters. The number of nitrogens with zero attached hydrogens (tertiary/aromatic N) is 1. The summed E-state index contributed by atoms with van der Waals surface area (Å²) in [6, 6.07) is 0. The van der Waals surface area contributed by atoms with E-state index in [2.05, 4.69) is 4.98 Å². The van der Waals surface area contributed by atoms with Crippen molar-refractivity contribution in [2.24, 2.45) is 0 Å². The number of hydrogen-bond acceptors (Lipinski definition) is 5. The number of Topliss-reactive ketones (excluding diaryl/α,β-unsaturated/α-hetero) is 1. The van der Waals surface area contributed by atoms with Crippen LogP contribution >= 0.6 is 0 Å². The monoisotopic (exact) mass is 324 g/mol. The van der Waals surface area contributed by atoms with Crippen molar-refractivity contribution in [1.82, 2.24) is 9.88 Å². The van der Waals surface area contributed by atoms with E-state index in [1.807, 2.05) is 6.92 Å². The summed E-state index contributed by atoms with van der Waals surface area (Å²) < 4.78 is 9.54. The molecule has 1 N–H and O–H groups in total. The number of esters is 1. The lowest BCUT2D eigenvalue weighted by atomic mass is 10.1. The molecule has 1 heterocycles. The van der Waals surface area contributed by atoms with Crippen LogP contribution in [-0.2, 0) is 14.3 Å². The van der Waals surface area contributed by atoms with Crippen LogP contribution in [0.15, 0.2) is 0 Å². The van der Waals surface area contributed by atoms with Crippen molar-refractivity contribution in [2.75, 3.05) is 33.9 Å². The highest BCUT2D eigenvalue weighted by Crippen LogP contribution is 2.19. The van der Waals surface area contributed by atoms with E-state index in [0.29, 0.717) is 23.4 Å². The molecule has 0 aliphatic carbocycles. The molecule has 0 saturated carbocycles. The molecule has 0 aliphatic rings. The summed E-state index contributed by atoms with van der Waals surface area (Å²) >= 11 is 0. The highest BCUT2D eigenvalue weighted by Gasteiger charge is 2.25. The van der Waals surface area contributed by atoms with Gasteiger partial charge in [-0.15, -0.1) is 0 Å². The van der Waals surface area contributed by atoms with E-state index in [4.69, 9.17) is 9.47 Å². The van der Waals surface area contributed by atoms with Gasteiger partial charge < -0.3 is 19.4 Å². The molecule has 1 rings (SSSR count). The van der Waals surface area contributed by atoms with E-state index in [-0.39, 0.29) is 30.5 Å². The quantitative estimate of drug-likeness (QED) is 0.578. The van der Waals surface area contributed by atoms with Crippen molar-refractivity contribution < 1.29 is 23.9 Å². The fraction of sp³-hybridized carbons (Fsp3) is 0.562. The average molecular weight is 324 g/mol. The maximum Gasteiger partial charge on any atom is 0.354 e. The van der Waals surface area contributed by atoms with Crippen LogP contribution in [0.2, 0.25) is 0 Å². The predicted molar refractivity (Wildman–Crippen MR) is 84.7 cm³/mol. The van der Waals surface area contributed by atoms with Crippen molar-refractivity contribution in [3.63, 3.8) is 0 Å². The third kappa shape index (κ3) is 4.41. The third-order valence-corrected chi connectivity index (χ3v) is 3.55. The van der Waals surface area contributed by atoms with E-state index in [1.54, 1.807) is 13.8 Å². The second-order valence-electron chi connectivity index (χ2n) is 5.29. The van der Waals surface area contributed by atoms with E-state index in [9.17, 15) is 14.4 Å². The number of aromatic nitrogens is 1. The number of rotatable bonds is 8. The molecule has 0 saturated heterocycles. The first-order chi connectivity index (χ1) is 10.9. The van der Waals surface area contributed by atoms with Crippen LogP contribution in [0.4, 0.5) is 0 Å². The summed E-state index contributed by atoms with van der Waals surface area (Å²) in [5, 5.41) is 0. The standard InChI is InChI=1S/C16H24N2O5/c1-6-7-18(13(20)9-22-4)8-12(19)14-10(2)15(16(21)23-5)17-11(14)3/h17H,6-9H2,1-5H3. The Bertz CT molecular complexity index is 592. The van der Waals surface area contributed by atoms with Crippen molar-refractivity contribution >= 4 is 17.7 Å². The van der Waals surface area contributed by atoms with Gasteiger partial charge in [0.05, 0.1) is 13.7 Å². The zero-order valence-corrected chi connectivity index (χ0v) is 14.3. The largest absolute Gasteiger partial charge is 0.464 e. The Labute approximate surface area is 135 Å². The minimum Gasteiger partial charge on any atom is -0.464 e. The number of H-pyrrole nitrogens is 1. The molecule has 0 atom stereocenters. The van der Waals surface area contributed by atoms with Crippen LogP contribution in [-0.4, -0.2) is 61.5 Å².